The molecule has 1 fully saturated rings. The standard InChI is InChI=1S/C12H13BrO3S/c13-9-5-4-7(6-8(9)12(15)16)17-11-3-1-2-10(11)14/h4-6,10-11,14H,1-3H2,(H,15,16). The highest BCUT2D eigenvalue weighted by Gasteiger charge is 2.26. The second-order valence-electron chi connectivity index (χ2n) is 4.10. The number of benzene rings is 1. The third-order valence-corrected chi connectivity index (χ3v) is 4.94. The number of hydrogen-bond acceptors (Lipinski definition) is 3. The van der Waals surface area contributed by atoms with Crippen LogP contribution in [0.1, 0.15) is 29.6 Å². The Morgan fingerprint density at radius 3 is 2.76 bits per heavy atom. The van der Waals surface area contributed by atoms with Crippen LogP contribution in [0.5, 0.6) is 0 Å². The molecule has 1 aliphatic carbocycles. The minimum absolute atomic E-state index is 0.192. The number of halogens is 1. The first-order valence-electron chi connectivity index (χ1n) is 5.45. The average Bonchev–Trinajstić information content (AvgIpc) is 2.67. The molecular formula is C12H13BrO3S. The van der Waals surface area contributed by atoms with E-state index >= 15 is 0 Å². The Morgan fingerprint density at radius 2 is 2.18 bits per heavy atom. The second-order valence-corrected chi connectivity index (χ2v) is 6.27. The molecule has 0 radical (unpaired) electrons. The summed E-state index contributed by atoms with van der Waals surface area (Å²) < 4.78 is 0.585. The van der Waals surface area contributed by atoms with Gasteiger partial charge in [-0.1, -0.05) is 0 Å². The highest BCUT2D eigenvalue weighted by Crippen LogP contribution is 2.36. The molecule has 0 saturated heterocycles. The van der Waals surface area contributed by atoms with Crippen LogP contribution >= 0.6 is 27.7 Å². The van der Waals surface area contributed by atoms with Crippen LogP contribution in [0.15, 0.2) is 27.6 Å². The van der Waals surface area contributed by atoms with Crippen molar-refractivity contribution in [2.75, 3.05) is 0 Å². The van der Waals surface area contributed by atoms with Crippen LogP contribution in [-0.2, 0) is 0 Å². The van der Waals surface area contributed by atoms with Gasteiger partial charge in [-0.05, 0) is 53.4 Å². The summed E-state index contributed by atoms with van der Waals surface area (Å²) in [6.45, 7) is 0. The quantitative estimate of drug-likeness (QED) is 0.899. The fraction of sp³-hybridized carbons (Fsp3) is 0.417. The van der Waals surface area contributed by atoms with E-state index in [2.05, 4.69) is 15.9 Å². The number of carbonyl (C=O) groups is 1. The molecule has 1 aromatic carbocycles. The molecule has 1 aliphatic rings. The third-order valence-electron chi connectivity index (χ3n) is 2.87. The molecule has 2 rings (SSSR count). The minimum atomic E-state index is -0.939. The van der Waals surface area contributed by atoms with E-state index in [0.29, 0.717) is 4.47 Å². The van der Waals surface area contributed by atoms with Gasteiger partial charge in [-0.2, -0.15) is 0 Å². The molecule has 2 N–H and O–H groups in total. The van der Waals surface area contributed by atoms with Crippen molar-refractivity contribution in [2.24, 2.45) is 0 Å². The zero-order chi connectivity index (χ0) is 12.4. The molecule has 0 amide bonds. The molecule has 3 nitrogen and oxygen atoms in total. The smallest absolute Gasteiger partial charge is 0.336 e. The summed E-state index contributed by atoms with van der Waals surface area (Å²) in [5, 5.41) is 18.9. The van der Waals surface area contributed by atoms with Crippen molar-refractivity contribution in [1.82, 2.24) is 0 Å². The van der Waals surface area contributed by atoms with E-state index in [9.17, 15) is 9.90 Å². The van der Waals surface area contributed by atoms with Crippen LogP contribution in [-0.4, -0.2) is 27.5 Å². The number of carboxylic acids is 1. The summed E-state index contributed by atoms with van der Waals surface area (Å²) in [7, 11) is 0. The molecule has 2 unspecified atom stereocenters. The Kier molecular flexibility index (Phi) is 4.12. The van der Waals surface area contributed by atoms with Gasteiger partial charge in [0, 0.05) is 14.6 Å². The van der Waals surface area contributed by atoms with Crippen molar-refractivity contribution in [3.05, 3.63) is 28.2 Å². The first-order valence-corrected chi connectivity index (χ1v) is 7.13. The first kappa shape index (κ1) is 12.9. The van der Waals surface area contributed by atoms with E-state index in [4.69, 9.17) is 5.11 Å². The van der Waals surface area contributed by atoms with Crippen LogP contribution in [0, 0.1) is 0 Å². The van der Waals surface area contributed by atoms with E-state index in [1.165, 1.54) is 0 Å². The molecule has 92 valence electrons. The van der Waals surface area contributed by atoms with E-state index in [1.807, 2.05) is 6.07 Å². The van der Waals surface area contributed by atoms with Gasteiger partial charge in [0.05, 0.1) is 11.7 Å². The van der Waals surface area contributed by atoms with Gasteiger partial charge in [-0.3, -0.25) is 0 Å². The highest BCUT2D eigenvalue weighted by molar-refractivity contribution is 9.10. The third kappa shape index (κ3) is 3.03. The van der Waals surface area contributed by atoms with Gasteiger partial charge in [0.15, 0.2) is 0 Å². The molecule has 17 heavy (non-hydrogen) atoms. The van der Waals surface area contributed by atoms with Gasteiger partial charge in [0.25, 0.3) is 0 Å². The predicted octanol–water partition coefficient (Wildman–Crippen LogP) is 3.15. The molecular weight excluding hydrogens is 304 g/mol. The topological polar surface area (TPSA) is 57.5 Å². The van der Waals surface area contributed by atoms with Crippen molar-refractivity contribution >= 4 is 33.7 Å². The van der Waals surface area contributed by atoms with Crippen molar-refractivity contribution < 1.29 is 15.0 Å². The molecule has 1 aromatic rings. The molecule has 0 spiro atoms. The molecule has 0 bridgehead atoms. The fourth-order valence-electron chi connectivity index (χ4n) is 1.96. The lowest BCUT2D eigenvalue weighted by Gasteiger charge is -2.14. The second kappa shape index (κ2) is 5.42. The molecule has 0 heterocycles. The highest BCUT2D eigenvalue weighted by atomic mass is 79.9. The Bertz CT molecular complexity index is 436. The average molecular weight is 317 g/mol. The van der Waals surface area contributed by atoms with Crippen molar-refractivity contribution in [3.8, 4) is 0 Å². The molecule has 1 saturated carbocycles. The molecule has 2 atom stereocenters. The Balaban J connectivity index is 2.16. The number of thioether (sulfide) groups is 1. The summed E-state index contributed by atoms with van der Waals surface area (Å²) in [6, 6.07) is 5.28. The van der Waals surface area contributed by atoms with Crippen LogP contribution < -0.4 is 0 Å². The van der Waals surface area contributed by atoms with E-state index in [0.717, 1.165) is 24.2 Å². The summed E-state index contributed by atoms with van der Waals surface area (Å²) in [5.74, 6) is -0.939. The first-order chi connectivity index (χ1) is 8.08. The van der Waals surface area contributed by atoms with Crippen LogP contribution in [0.25, 0.3) is 0 Å². The molecule has 0 aromatic heterocycles. The predicted molar refractivity (Wildman–Crippen MR) is 70.6 cm³/mol. The fourth-order valence-corrected chi connectivity index (χ4v) is 3.64. The van der Waals surface area contributed by atoms with Gasteiger partial charge < -0.3 is 10.2 Å². The SMILES string of the molecule is O=C(O)c1cc(SC2CCCC2O)ccc1Br. The molecule has 0 aliphatic heterocycles. The maximum absolute atomic E-state index is 11.0. The number of rotatable bonds is 3. The number of aliphatic hydroxyl groups excluding tert-OH is 1. The number of hydrogen-bond donors (Lipinski definition) is 2. The van der Waals surface area contributed by atoms with Crippen LogP contribution in [0.4, 0.5) is 0 Å². The van der Waals surface area contributed by atoms with Crippen LogP contribution in [0.3, 0.4) is 0 Å². The van der Waals surface area contributed by atoms with Gasteiger partial charge >= 0.3 is 5.97 Å². The number of aromatic carboxylic acids is 1. The minimum Gasteiger partial charge on any atom is -0.478 e. The largest absolute Gasteiger partial charge is 0.478 e. The normalized spacial score (nSPS) is 23.9. The molecule has 5 heteroatoms. The van der Waals surface area contributed by atoms with E-state index < -0.39 is 5.97 Å². The summed E-state index contributed by atoms with van der Waals surface area (Å²) in [6.07, 6.45) is 2.61. The van der Waals surface area contributed by atoms with Gasteiger partial charge in [0.1, 0.15) is 0 Å². The van der Waals surface area contributed by atoms with Crippen molar-refractivity contribution in [2.45, 2.75) is 35.5 Å². The van der Waals surface area contributed by atoms with Gasteiger partial charge in [-0.25, -0.2) is 4.79 Å². The Hall–Kier alpha value is -0.520. The summed E-state index contributed by atoms with van der Waals surface area (Å²) in [4.78, 5) is 11.9. The van der Waals surface area contributed by atoms with E-state index in [-0.39, 0.29) is 16.9 Å². The van der Waals surface area contributed by atoms with E-state index in [1.54, 1.807) is 23.9 Å². The number of aliphatic hydroxyl groups is 1. The monoisotopic (exact) mass is 316 g/mol. The van der Waals surface area contributed by atoms with Crippen molar-refractivity contribution in [3.63, 3.8) is 0 Å². The lowest BCUT2D eigenvalue weighted by molar-refractivity contribution is 0.0695. The van der Waals surface area contributed by atoms with Gasteiger partial charge in [0.2, 0.25) is 0 Å². The Morgan fingerprint density at radius 1 is 1.41 bits per heavy atom. The van der Waals surface area contributed by atoms with Crippen LogP contribution in [0.2, 0.25) is 0 Å². The summed E-state index contributed by atoms with van der Waals surface area (Å²) in [5.41, 5.74) is 0.266. The zero-order valence-electron chi connectivity index (χ0n) is 9.10. The van der Waals surface area contributed by atoms with Crippen molar-refractivity contribution in [1.29, 1.82) is 0 Å². The number of carboxylic acid groups (broad SMARTS) is 1. The lowest BCUT2D eigenvalue weighted by atomic mass is 10.2. The van der Waals surface area contributed by atoms with Gasteiger partial charge in [-0.15, -0.1) is 11.8 Å². The lowest BCUT2D eigenvalue weighted by Crippen LogP contribution is -2.14. The zero-order valence-corrected chi connectivity index (χ0v) is 11.5. The Labute approximate surface area is 112 Å². The summed E-state index contributed by atoms with van der Waals surface area (Å²) >= 11 is 4.78. The maximum Gasteiger partial charge on any atom is 0.336 e. The maximum atomic E-state index is 11.0.